The summed E-state index contributed by atoms with van der Waals surface area (Å²) in [6.45, 7) is 6.15. The summed E-state index contributed by atoms with van der Waals surface area (Å²) >= 11 is 0. The zero-order valence-electron chi connectivity index (χ0n) is 10.2. The molecule has 0 unspecified atom stereocenters. The molecule has 0 amide bonds. The van der Waals surface area contributed by atoms with Crippen molar-refractivity contribution in [1.82, 2.24) is 19.7 Å². The van der Waals surface area contributed by atoms with Crippen molar-refractivity contribution in [3.63, 3.8) is 0 Å². The number of nitrogens with one attached hydrogen (secondary N) is 1. The van der Waals surface area contributed by atoms with E-state index < -0.39 is 0 Å². The van der Waals surface area contributed by atoms with Crippen LogP contribution in [0.4, 0.5) is 5.82 Å². The second-order valence-corrected chi connectivity index (χ2v) is 3.82. The van der Waals surface area contributed by atoms with Gasteiger partial charge in [-0.25, -0.2) is 15.5 Å². The van der Waals surface area contributed by atoms with Crippen molar-refractivity contribution >= 4 is 5.82 Å². The molecule has 3 N–H and O–H groups in total. The van der Waals surface area contributed by atoms with Crippen molar-refractivity contribution in [3.05, 3.63) is 29.3 Å². The molecule has 2 aromatic heterocycles. The maximum Gasteiger partial charge on any atom is 0.174 e. The first kappa shape index (κ1) is 11.5. The SMILES string of the molecule is CCc1c(C)nn(-c2cncc(NN)n2)c1C. The Hall–Kier alpha value is -1.95. The summed E-state index contributed by atoms with van der Waals surface area (Å²) < 4.78 is 1.79. The zero-order valence-corrected chi connectivity index (χ0v) is 10.2. The van der Waals surface area contributed by atoms with E-state index >= 15 is 0 Å². The van der Waals surface area contributed by atoms with E-state index in [-0.39, 0.29) is 0 Å². The van der Waals surface area contributed by atoms with E-state index in [2.05, 4.69) is 27.4 Å². The number of anilines is 1. The molecule has 0 spiro atoms. The first-order chi connectivity index (χ1) is 8.17. The van der Waals surface area contributed by atoms with E-state index in [4.69, 9.17) is 5.84 Å². The lowest BCUT2D eigenvalue weighted by Gasteiger charge is -2.05. The van der Waals surface area contributed by atoms with Crippen LogP contribution in [0.15, 0.2) is 12.4 Å². The number of hydrazine groups is 1. The number of nitrogen functional groups attached to an aromatic ring is 1. The summed E-state index contributed by atoms with van der Waals surface area (Å²) in [5.74, 6) is 6.50. The Labute approximate surface area is 99.9 Å². The molecule has 6 nitrogen and oxygen atoms in total. The highest BCUT2D eigenvalue weighted by Gasteiger charge is 2.12. The van der Waals surface area contributed by atoms with Gasteiger partial charge < -0.3 is 5.43 Å². The zero-order chi connectivity index (χ0) is 12.4. The van der Waals surface area contributed by atoms with Gasteiger partial charge in [0.25, 0.3) is 0 Å². The van der Waals surface area contributed by atoms with Crippen LogP contribution in [0.1, 0.15) is 23.9 Å². The molecule has 0 saturated heterocycles. The minimum atomic E-state index is 0.521. The minimum absolute atomic E-state index is 0.521. The topological polar surface area (TPSA) is 81.7 Å². The molecule has 0 fully saturated rings. The molecule has 0 aliphatic carbocycles. The number of nitrogens with two attached hydrogens (primary N) is 1. The van der Waals surface area contributed by atoms with E-state index in [1.807, 2.05) is 13.8 Å². The van der Waals surface area contributed by atoms with Gasteiger partial charge >= 0.3 is 0 Å². The second-order valence-electron chi connectivity index (χ2n) is 3.82. The quantitative estimate of drug-likeness (QED) is 0.612. The lowest BCUT2D eigenvalue weighted by molar-refractivity contribution is 0.798. The van der Waals surface area contributed by atoms with Crippen LogP contribution in [0.5, 0.6) is 0 Å². The summed E-state index contributed by atoms with van der Waals surface area (Å²) in [4.78, 5) is 8.38. The van der Waals surface area contributed by atoms with Crippen LogP contribution in [-0.2, 0) is 6.42 Å². The summed E-state index contributed by atoms with van der Waals surface area (Å²) in [5, 5.41) is 4.47. The monoisotopic (exact) mass is 232 g/mol. The van der Waals surface area contributed by atoms with E-state index in [1.54, 1.807) is 17.1 Å². The van der Waals surface area contributed by atoms with Crippen molar-refractivity contribution < 1.29 is 0 Å². The number of nitrogens with zero attached hydrogens (tertiary/aromatic N) is 4. The van der Waals surface area contributed by atoms with Crippen LogP contribution >= 0.6 is 0 Å². The Bertz CT molecular complexity index is 531. The van der Waals surface area contributed by atoms with Gasteiger partial charge in [0.15, 0.2) is 11.6 Å². The predicted molar refractivity (Wildman–Crippen MR) is 65.8 cm³/mol. The molecule has 2 heterocycles. The molecule has 2 rings (SSSR count). The third-order valence-corrected chi connectivity index (χ3v) is 2.78. The number of aryl methyl sites for hydroxylation is 1. The van der Waals surface area contributed by atoms with Gasteiger partial charge in [0.1, 0.15) is 0 Å². The molecular formula is C11H16N6. The number of rotatable bonds is 3. The lowest BCUT2D eigenvalue weighted by atomic mass is 10.1. The Balaban J connectivity index is 2.52. The van der Waals surface area contributed by atoms with Crippen molar-refractivity contribution in [1.29, 1.82) is 0 Å². The molecule has 90 valence electrons. The first-order valence-electron chi connectivity index (χ1n) is 5.51. The molecule has 17 heavy (non-hydrogen) atoms. The largest absolute Gasteiger partial charge is 0.307 e. The normalized spacial score (nSPS) is 10.6. The van der Waals surface area contributed by atoms with Gasteiger partial charge in [0, 0.05) is 5.69 Å². The Kier molecular flexibility index (Phi) is 3.06. The molecule has 6 heteroatoms. The minimum Gasteiger partial charge on any atom is -0.307 e. The fraction of sp³-hybridized carbons (Fsp3) is 0.364. The highest BCUT2D eigenvalue weighted by molar-refractivity contribution is 5.37. The third-order valence-electron chi connectivity index (χ3n) is 2.78. The molecular weight excluding hydrogens is 216 g/mol. The highest BCUT2D eigenvalue weighted by Crippen LogP contribution is 2.17. The van der Waals surface area contributed by atoms with Gasteiger partial charge in [-0.15, -0.1) is 0 Å². The summed E-state index contributed by atoms with van der Waals surface area (Å²) in [5.41, 5.74) is 5.84. The molecule has 0 aliphatic rings. The third kappa shape index (κ3) is 1.99. The van der Waals surface area contributed by atoms with Gasteiger partial charge in [0.05, 0.1) is 18.1 Å². The van der Waals surface area contributed by atoms with Gasteiger partial charge in [0.2, 0.25) is 0 Å². The van der Waals surface area contributed by atoms with Crippen LogP contribution in [-0.4, -0.2) is 19.7 Å². The van der Waals surface area contributed by atoms with Crippen molar-refractivity contribution in [2.75, 3.05) is 5.43 Å². The standard InChI is InChI=1S/C11H16N6/c1-4-9-7(2)16-17(8(9)3)11-6-13-5-10(14-11)15-12/h5-6H,4,12H2,1-3H3,(H,14,15). The summed E-state index contributed by atoms with van der Waals surface area (Å²) in [7, 11) is 0. The smallest absolute Gasteiger partial charge is 0.174 e. The maximum absolute atomic E-state index is 5.31. The Morgan fingerprint density at radius 2 is 2.12 bits per heavy atom. The summed E-state index contributed by atoms with van der Waals surface area (Å²) in [6, 6.07) is 0. The summed E-state index contributed by atoms with van der Waals surface area (Å²) in [6.07, 6.45) is 4.19. The predicted octanol–water partition coefficient (Wildman–Crippen LogP) is 1.13. The number of hydrogen-bond donors (Lipinski definition) is 2. The fourth-order valence-electron chi connectivity index (χ4n) is 1.94. The molecule has 0 radical (unpaired) electrons. The molecule has 0 bridgehead atoms. The second kappa shape index (κ2) is 4.50. The van der Waals surface area contributed by atoms with E-state index in [1.165, 1.54) is 5.56 Å². The van der Waals surface area contributed by atoms with E-state index in [9.17, 15) is 0 Å². The van der Waals surface area contributed by atoms with Crippen LogP contribution in [0, 0.1) is 13.8 Å². The molecule has 0 aromatic carbocycles. The van der Waals surface area contributed by atoms with E-state index in [0.29, 0.717) is 11.6 Å². The van der Waals surface area contributed by atoms with Crippen LogP contribution in [0.3, 0.4) is 0 Å². The van der Waals surface area contributed by atoms with Gasteiger partial charge in [-0.2, -0.15) is 5.10 Å². The first-order valence-corrected chi connectivity index (χ1v) is 5.51. The molecule has 0 atom stereocenters. The van der Waals surface area contributed by atoms with Gasteiger partial charge in [-0.05, 0) is 25.8 Å². The lowest BCUT2D eigenvalue weighted by Crippen LogP contribution is -2.11. The van der Waals surface area contributed by atoms with Crippen LogP contribution < -0.4 is 11.3 Å². The highest BCUT2D eigenvalue weighted by atomic mass is 15.3. The molecule has 0 saturated carbocycles. The van der Waals surface area contributed by atoms with Crippen LogP contribution in [0.2, 0.25) is 0 Å². The van der Waals surface area contributed by atoms with Crippen molar-refractivity contribution in [2.45, 2.75) is 27.2 Å². The van der Waals surface area contributed by atoms with Gasteiger partial charge in [-0.3, -0.25) is 4.98 Å². The van der Waals surface area contributed by atoms with E-state index in [0.717, 1.165) is 17.8 Å². The fourth-order valence-corrected chi connectivity index (χ4v) is 1.94. The maximum atomic E-state index is 5.31. The molecule has 2 aromatic rings. The Morgan fingerprint density at radius 3 is 2.71 bits per heavy atom. The number of hydrogen-bond acceptors (Lipinski definition) is 5. The van der Waals surface area contributed by atoms with Gasteiger partial charge in [-0.1, -0.05) is 6.92 Å². The van der Waals surface area contributed by atoms with Crippen LogP contribution in [0.25, 0.3) is 5.82 Å². The average molecular weight is 232 g/mol. The average Bonchev–Trinajstić information content (AvgIpc) is 2.64. The molecule has 0 aliphatic heterocycles. The number of aromatic nitrogens is 4. The van der Waals surface area contributed by atoms with Crippen molar-refractivity contribution in [2.24, 2.45) is 5.84 Å². The van der Waals surface area contributed by atoms with Crippen molar-refractivity contribution in [3.8, 4) is 5.82 Å². The Morgan fingerprint density at radius 1 is 1.35 bits per heavy atom.